The van der Waals surface area contributed by atoms with Gasteiger partial charge in [0.2, 0.25) is 5.91 Å². The van der Waals surface area contributed by atoms with E-state index in [0.29, 0.717) is 30.3 Å². The van der Waals surface area contributed by atoms with Gasteiger partial charge in [0.15, 0.2) is 0 Å². The Kier molecular flexibility index (Phi) is 7.86. The van der Waals surface area contributed by atoms with E-state index in [1.54, 1.807) is 0 Å². The molecule has 1 saturated heterocycles. The van der Waals surface area contributed by atoms with Crippen molar-refractivity contribution < 1.29 is 9.59 Å². The summed E-state index contributed by atoms with van der Waals surface area (Å²) in [5, 5.41) is 12.2. The monoisotopic (exact) mass is 483 g/mol. The van der Waals surface area contributed by atoms with E-state index in [4.69, 9.17) is 5.10 Å². The van der Waals surface area contributed by atoms with Crippen molar-refractivity contribution in [3.63, 3.8) is 0 Å². The van der Waals surface area contributed by atoms with Crippen LogP contribution in [0, 0.1) is 11.3 Å². The van der Waals surface area contributed by atoms with Crippen molar-refractivity contribution >= 4 is 12.2 Å². The molecule has 0 saturated carbocycles. The molecule has 0 bridgehead atoms. The Hall–Kier alpha value is -1.99. The molecule has 2 N–H and O–H groups in total. The van der Waals surface area contributed by atoms with E-state index in [0.717, 1.165) is 51.4 Å². The van der Waals surface area contributed by atoms with Crippen LogP contribution in [0.5, 0.6) is 0 Å². The van der Waals surface area contributed by atoms with E-state index in [-0.39, 0.29) is 17.5 Å². The number of hydrogen-bond acceptors (Lipinski definition) is 5. The number of fused-ring (bicyclic) bond motifs is 2. The lowest BCUT2D eigenvalue weighted by Crippen LogP contribution is -2.47. The predicted octanol–water partition coefficient (Wildman–Crippen LogP) is 3.60. The van der Waals surface area contributed by atoms with E-state index >= 15 is 0 Å². The molecule has 4 unspecified atom stereocenters. The van der Waals surface area contributed by atoms with Crippen LogP contribution in [0.25, 0.3) is 0 Å². The Labute approximate surface area is 211 Å². The molecule has 1 aliphatic heterocycles. The number of carbonyl (C=O) groups is 2. The van der Waals surface area contributed by atoms with Crippen molar-refractivity contribution in [3.8, 4) is 0 Å². The molecule has 1 amide bonds. The van der Waals surface area contributed by atoms with Gasteiger partial charge in [-0.2, -0.15) is 5.10 Å². The standard InChI is InChI=1S/C28H45N5O2/c1-6-27(2)13-12-22-24(18-27)30-31-26(22)28(3)17-20-10-11-21(16-23(20)29-28)33(5)25(35)19-32(4)14-8-7-9-15-34/h10-11,15,20-21,23,29H,6-9,12-14,16-19H2,1-5H3,(H,30,31)/t20?,21?,23?,27?,28-/m1/s1. The van der Waals surface area contributed by atoms with Crippen LogP contribution in [-0.4, -0.2) is 71.5 Å². The van der Waals surface area contributed by atoms with E-state index in [1.807, 2.05) is 19.0 Å². The van der Waals surface area contributed by atoms with Crippen molar-refractivity contribution in [3.05, 3.63) is 29.1 Å². The number of aromatic nitrogens is 2. The Bertz CT molecular complexity index is 942. The van der Waals surface area contributed by atoms with Crippen LogP contribution < -0.4 is 5.32 Å². The van der Waals surface area contributed by atoms with Crippen LogP contribution in [0.1, 0.15) is 82.7 Å². The Morgan fingerprint density at radius 1 is 1.26 bits per heavy atom. The molecule has 2 aliphatic carbocycles. The van der Waals surface area contributed by atoms with Crippen LogP contribution in [0.3, 0.4) is 0 Å². The zero-order valence-corrected chi connectivity index (χ0v) is 22.4. The summed E-state index contributed by atoms with van der Waals surface area (Å²) in [6.07, 6.45) is 14.6. The quantitative estimate of drug-likeness (QED) is 0.302. The third-order valence-electron chi connectivity index (χ3n) is 9.06. The van der Waals surface area contributed by atoms with E-state index < -0.39 is 0 Å². The van der Waals surface area contributed by atoms with Crippen LogP contribution in [-0.2, 0) is 28.0 Å². The molecule has 0 radical (unpaired) electrons. The highest BCUT2D eigenvalue weighted by molar-refractivity contribution is 5.78. The molecule has 194 valence electrons. The van der Waals surface area contributed by atoms with Gasteiger partial charge in [-0.05, 0) is 82.4 Å². The second-order valence-corrected chi connectivity index (χ2v) is 11.9. The first-order chi connectivity index (χ1) is 16.7. The van der Waals surface area contributed by atoms with Crippen molar-refractivity contribution in [2.45, 2.75) is 96.2 Å². The third kappa shape index (κ3) is 5.56. The van der Waals surface area contributed by atoms with E-state index in [2.05, 4.69) is 48.2 Å². The number of hydrogen-bond donors (Lipinski definition) is 2. The summed E-state index contributed by atoms with van der Waals surface area (Å²) in [5.74, 6) is 0.620. The topological polar surface area (TPSA) is 81.3 Å². The molecule has 1 aromatic rings. The maximum Gasteiger partial charge on any atom is 0.236 e. The lowest BCUT2D eigenvalue weighted by Gasteiger charge is -2.35. The summed E-state index contributed by atoms with van der Waals surface area (Å²) in [7, 11) is 3.91. The van der Waals surface area contributed by atoms with Gasteiger partial charge in [0, 0.05) is 25.2 Å². The van der Waals surface area contributed by atoms with Crippen LogP contribution >= 0.6 is 0 Å². The number of unbranched alkanes of at least 4 members (excludes halogenated alkanes) is 2. The summed E-state index contributed by atoms with van der Waals surface area (Å²) < 4.78 is 0. The first-order valence-corrected chi connectivity index (χ1v) is 13.6. The molecule has 0 spiro atoms. The first kappa shape index (κ1) is 26.1. The number of nitrogens with zero attached hydrogens (tertiary/aromatic N) is 3. The van der Waals surface area contributed by atoms with Crippen LogP contribution in [0.15, 0.2) is 12.2 Å². The molecule has 35 heavy (non-hydrogen) atoms. The summed E-state index contributed by atoms with van der Waals surface area (Å²) in [6.45, 7) is 8.26. The zero-order valence-electron chi connectivity index (χ0n) is 22.4. The van der Waals surface area contributed by atoms with Crippen molar-refractivity contribution in [2.75, 3.05) is 27.2 Å². The van der Waals surface area contributed by atoms with E-state index in [9.17, 15) is 9.59 Å². The number of rotatable bonds is 10. The number of H-pyrrole nitrogens is 1. The van der Waals surface area contributed by atoms with Gasteiger partial charge in [-0.15, -0.1) is 0 Å². The number of nitrogens with one attached hydrogen (secondary N) is 2. The normalized spacial score (nSPS) is 31.9. The minimum Gasteiger partial charge on any atom is -0.338 e. The molecular weight excluding hydrogens is 438 g/mol. The fourth-order valence-electron chi connectivity index (χ4n) is 6.42. The SMILES string of the molecule is CCC1(C)CCc2c([C@@]3(C)CC4C=CC(N(C)C(=O)CN(C)CCCCC=O)CC4N3)n[nH]c2C1. The highest BCUT2D eigenvalue weighted by atomic mass is 16.2. The van der Waals surface area contributed by atoms with Gasteiger partial charge in [-0.1, -0.05) is 32.4 Å². The van der Waals surface area contributed by atoms with Gasteiger partial charge in [0.05, 0.1) is 23.8 Å². The average molecular weight is 484 g/mol. The maximum absolute atomic E-state index is 12.9. The minimum atomic E-state index is -0.136. The van der Waals surface area contributed by atoms with E-state index in [1.165, 1.54) is 29.8 Å². The third-order valence-corrected chi connectivity index (χ3v) is 9.06. The molecule has 1 aromatic heterocycles. The zero-order chi connectivity index (χ0) is 25.2. The first-order valence-electron chi connectivity index (χ1n) is 13.6. The Morgan fingerprint density at radius 3 is 2.80 bits per heavy atom. The van der Waals surface area contributed by atoms with Gasteiger partial charge in [0.25, 0.3) is 0 Å². The molecule has 7 heteroatoms. The Morgan fingerprint density at radius 2 is 2.06 bits per heavy atom. The molecule has 5 atom stereocenters. The smallest absolute Gasteiger partial charge is 0.236 e. The molecule has 7 nitrogen and oxygen atoms in total. The minimum absolute atomic E-state index is 0.112. The molecular formula is C28H45N5O2. The molecule has 4 rings (SSSR count). The number of amides is 1. The summed E-state index contributed by atoms with van der Waals surface area (Å²) in [4.78, 5) is 27.4. The number of aldehydes is 1. The molecule has 3 aliphatic rings. The van der Waals surface area contributed by atoms with Crippen molar-refractivity contribution in [2.24, 2.45) is 11.3 Å². The highest BCUT2D eigenvalue weighted by Crippen LogP contribution is 2.45. The van der Waals surface area contributed by atoms with Gasteiger partial charge in [-0.25, -0.2) is 0 Å². The van der Waals surface area contributed by atoms with Crippen LogP contribution in [0.4, 0.5) is 0 Å². The van der Waals surface area contributed by atoms with Crippen molar-refractivity contribution in [1.29, 1.82) is 0 Å². The lowest BCUT2D eigenvalue weighted by molar-refractivity contribution is -0.132. The maximum atomic E-state index is 12.9. The van der Waals surface area contributed by atoms with Gasteiger partial charge >= 0.3 is 0 Å². The second kappa shape index (κ2) is 10.6. The fourth-order valence-corrected chi connectivity index (χ4v) is 6.42. The van der Waals surface area contributed by atoms with Crippen molar-refractivity contribution in [1.82, 2.24) is 25.3 Å². The summed E-state index contributed by atoms with van der Waals surface area (Å²) in [5.41, 5.74) is 4.23. The predicted molar refractivity (Wildman–Crippen MR) is 139 cm³/mol. The largest absolute Gasteiger partial charge is 0.338 e. The summed E-state index contributed by atoms with van der Waals surface area (Å²) in [6, 6.07) is 0.462. The number of likely N-dealkylation sites (N-methyl/N-ethyl adjacent to an activating group) is 2. The average Bonchev–Trinajstić information content (AvgIpc) is 3.41. The molecule has 1 fully saturated rings. The number of aromatic amines is 1. The molecule has 0 aromatic carbocycles. The lowest BCUT2D eigenvalue weighted by atomic mass is 9.72. The van der Waals surface area contributed by atoms with Crippen LogP contribution in [0.2, 0.25) is 0 Å². The fraction of sp³-hybridized carbons (Fsp3) is 0.750. The number of carbonyl (C=O) groups excluding carboxylic acids is 2. The van der Waals surface area contributed by atoms with Gasteiger partial charge in [0.1, 0.15) is 6.29 Å². The molecule has 2 heterocycles. The highest BCUT2D eigenvalue weighted by Gasteiger charge is 2.47. The van der Waals surface area contributed by atoms with Gasteiger partial charge < -0.3 is 15.0 Å². The second-order valence-electron chi connectivity index (χ2n) is 11.9. The summed E-state index contributed by atoms with van der Waals surface area (Å²) >= 11 is 0. The Balaban J connectivity index is 1.35. The van der Waals surface area contributed by atoms with Gasteiger partial charge in [-0.3, -0.25) is 14.8 Å².